The van der Waals surface area contributed by atoms with Gasteiger partial charge in [0.2, 0.25) is 0 Å². The van der Waals surface area contributed by atoms with Crippen LogP contribution < -0.4 is 0 Å². The number of hydrogen-bond donors (Lipinski definition) is 0. The number of rotatable bonds is 5. The Hall–Kier alpha value is -2.60. The van der Waals surface area contributed by atoms with Gasteiger partial charge in [0.25, 0.3) is 11.8 Å². The molecule has 0 radical (unpaired) electrons. The summed E-state index contributed by atoms with van der Waals surface area (Å²) < 4.78 is 2.17. The highest BCUT2D eigenvalue weighted by Crippen LogP contribution is 2.29. The lowest BCUT2D eigenvalue weighted by atomic mass is 10.1. The summed E-state index contributed by atoms with van der Waals surface area (Å²) in [6.07, 6.45) is 0. The standard InChI is InChI=1S/C20H19N3O2S/c1-13(2)11-22-17-10-6-5-9-16(17)21-20(22)26-12-23-18(24)14-7-3-4-8-15(14)19(23)25/h3-10,13H,11-12H2,1-2H3. The lowest BCUT2D eigenvalue weighted by Crippen LogP contribution is -2.29. The Morgan fingerprint density at radius 1 is 0.962 bits per heavy atom. The smallest absolute Gasteiger partial charge is 0.262 e. The highest BCUT2D eigenvalue weighted by molar-refractivity contribution is 7.99. The summed E-state index contributed by atoms with van der Waals surface area (Å²) in [7, 11) is 0. The maximum absolute atomic E-state index is 12.5. The van der Waals surface area contributed by atoms with Crippen molar-refractivity contribution >= 4 is 34.6 Å². The predicted octanol–water partition coefficient (Wildman–Crippen LogP) is 4.04. The third-order valence-corrected chi connectivity index (χ3v) is 5.33. The summed E-state index contributed by atoms with van der Waals surface area (Å²) in [5.41, 5.74) is 2.96. The molecule has 0 atom stereocenters. The van der Waals surface area contributed by atoms with Crippen molar-refractivity contribution in [2.45, 2.75) is 25.5 Å². The summed E-state index contributed by atoms with van der Waals surface area (Å²) in [5, 5.41) is 0.830. The summed E-state index contributed by atoms with van der Waals surface area (Å²) in [6.45, 7) is 5.16. The lowest BCUT2D eigenvalue weighted by Gasteiger charge is -2.15. The number of carbonyl (C=O) groups is 2. The molecule has 0 fully saturated rings. The van der Waals surface area contributed by atoms with E-state index in [-0.39, 0.29) is 17.7 Å². The molecule has 0 unspecified atom stereocenters. The Bertz CT molecular complexity index is 974. The molecule has 4 rings (SSSR count). The second kappa shape index (κ2) is 6.61. The predicted molar refractivity (Wildman–Crippen MR) is 102 cm³/mol. The van der Waals surface area contributed by atoms with Crippen molar-refractivity contribution < 1.29 is 9.59 Å². The quantitative estimate of drug-likeness (QED) is 0.506. The van der Waals surface area contributed by atoms with Gasteiger partial charge >= 0.3 is 0 Å². The number of hydrogen-bond acceptors (Lipinski definition) is 4. The van der Waals surface area contributed by atoms with Gasteiger partial charge in [0.05, 0.1) is 28.0 Å². The van der Waals surface area contributed by atoms with Crippen molar-refractivity contribution in [3.8, 4) is 0 Å². The lowest BCUT2D eigenvalue weighted by molar-refractivity contribution is 0.0684. The Kier molecular flexibility index (Phi) is 4.28. The minimum Gasteiger partial charge on any atom is -0.319 e. The van der Waals surface area contributed by atoms with E-state index in [1.54, 1.807) is 24.3 Å². The molecule has 1 aliphatic rings. The van der Waals surface area contributed by atoms with Gasteiger partial charge in [-0.15, -0.1) is 0 Å². The molecule has 5 nitrogen and oxygen atoms in total. The fourth-order valence-corrected chi connectivity index (χ4v) is 4.15. The minimum absolute atomic E-state index is 0.232. The average Bonchev–Trinajstić information content (AvgIpc) is 3.09. The summed E-state index contributed by atoms with van der Waals surface area (Å²) in [6, 6.07) is 15.0. The number of carbonyl (C=O) groups excluding carboxylic acids is 2. The normalized spacial score (nSPS) is 13.9. The monoisotopic (exact) mass is 365 g/mol. The molecule has 2 heterocycles. The van der Waals surface area contributed by atoms with Crippen LogP contribution in [0.2, 0.25) is 0 Å². The van der Waals surface area contributed by atoms with Gasteiger partial charge < -0.3 is 4.57 Å². The first-order chi connectivity index (χ1) is 12.6. The number of imide groups is 1. The fraction of sp³-hybridized carbons (Fsp3) is 0.250. The first-order valence-electron chi connectivity index (χ1n) is 8.59. The highest BCUT2D eigenvalue weighted by atomic mass is 32.2. The Morgan fingerprint density at radius 2 is 1.58 bits per heavy atom. The molecule has 1 aliphatic heterocycles. The van der Waals surface area contributed by atoms with E-state index in [0.29, 0.717) is 17.0 Å². The molecule has 0 bridgehead atoms. The van der Waals surface area contributed by atoms with Crippen LogP contribution in [-0.4, -0.2) is 32.1 Å². The molecule has 0 saturated heterocycles. The number of fused-ring (bicyclic) bond motifs is 2. The van der Waals surface area contributed by atoms with Crippen LogP contribution in [0.15, 0.2) is 53.7 Å². The zero-order valence-electron chi connectivity index (χ0n) is 14.7. The largest absolute Gasteiger partial charge is 0.319 e. The van der Waals surface area contributed by atoms with Gasteiger partial charge in [0.15, 0.2) is 5.16 Å². The molecule has 0 spiro atoms. The third-order valence-electron chi connectivity index (χ3n) is 4.37. The van der Waals surface area contributed by atoms with E-state index in [9.17, 15) is 9.59 Å². The molecule has 6 heteroatoms. The maximum atomic E-state index is 12.5. The van der Waals surface area contributed by atoms with Crippen molar-refractivity contribution in [1.82, 2.24) is 14.5 Å². The number of benzene rings is 2. The van der Waals surface area contributed by atoms with Crippen LogP contribution in [0.4, 0.5) is 0 Å². The summed E-state index contributed by atoms with van der Waals surface area (Å²) in [4.78, 5) is 31.1. The first kappa shape index (κ1) is 16.8. The second-order valence-corrected chi connectivity index (χ2v) is 7.66. The van der Waals surface area contributed by atoms with Crippen molar-refractivity contribution in [2.75, 3.05) is 5.88 Å². The van der Waals surface area contributed by atoms with Gasteiger partial charge in [0, 0.05) is 6.54 Å². The molecule has 3 aromatic rings. The first-order valence-corrected chi connectivity index (χ1v) is 9.58. The van der Waals surface area contributed by atoms with Crippen molar-refractivity contribution in [3.63, 3.8) is 0 Å². The Labute approximate surface area is 156 Å². The van der Waals surface area contributed by atoms with Crippen LogP contribution in [0.1, 0.15) is 34.6 Å². The van der Waals surface area contributed by atoms with Crippen molar-refractivity contribution in [1.29, 1.82) is 0 Å². The zero-order chi connectivity index (χ0) is 18.3. The van der Waals surface area contributed by atoms with Crippen LogP contribution in [0.25, 0.3) is 11.0 Å². The Balaban J connectivity index is 1.61. The van der Waals surface area contributed by atoms with Crippen LogP contribution in [0.3, 0.4) is 0 Å². The van der Waals surface area contributed by atoms with Crippen molar-refractivity contribution in [3.05, 3.63) is 59.7 Å². The molecule has 1 aromatic heterocycles. The minimum atomic E-state index is -0.232. The zero-order valence-corrected chi connectivity index (χ0v) is 15.5. The number of nitrogens with zero attached hydrogens (tertiary/aromatic N) is 3. The molecular formula is C20H19N3O2S. The maximum Gasteiger partial charge on any atom is 0.262 e. The second-order valence-electron chi connectivity index (χ2n) is 6.74. The van der Waals surface area contributed by atoms with Crippen LogP contribution in [0, 0.1) is 5.92 Å². The van der Waals surface area contributed by atoms with Gasteiger partial charge in [-0.2, -0.15) is 0 Å². The van der Waals surface area contributed by atoms with Crippen LogP contribution >= 0.6 is 11.8 Å². The van der Waals surface area contributed by atoms with E-state index >= 15 is 0 Å². The number of para-hydroxylation sites is 2. The van der Waals surface area contributed by atoms with E-state index in [2.05, 4.69) is 24.5 Å². The van der Waals surface area contributed by atoms with Gasteiger partial charge in [0.1, 0.15) is 0 Å². The summed E-state index contributed by atoms with van der Waals surface area (Å²) in [5.74, 6) is 0.258. The average molecular weight is 365 g/mol. The topological polar surface area (TPSA) is 55.2 Å². The Morgan fingerprint density at radius 3 is 2.23 bits per heavy atom. The van der Waals surface area contributed by atoms with Crippen molar-refractivity contribution in [2.24, 2.45) is 5.92 Å². The van der Waals surface area contributed by atoms with E-state index in [1.165, 1.54) is 16.7 Å². The number of aromatic nitrogens is 2. The highest BCUT2D eigenvalue weighted by Gasteiger charge is 2.35. The summed E-state index contributed by atoms with van der Waals surface area (Å²) >= 11 is 1.43. The van der Waals surface area contributed by atoms with E-state index in [0.717, 1.165) is 22.7 Å². The molecule has 0 aliphatic carbocycles. The third kappa shape index (κ3) is 2.80. The molecular weight excluding hydrogens is 346 g/mol. The number of thioether (sulfide) groups is 1. The van der Waals surface area contributed by atoms with E-state index in [4.69, 9.17) is 4.98 Å². The van der Waals surface area contributed by atoms with Crippen LogP contribution in [0.5, 0.6) is 0 Å². The van der Waals surface area contributed by atoms with Gasteiger partial charge in [-0.25, -0.2) is 4.98 Å². The van der Waals surface area contributed by atoms with Gasteiger partial charge in [-0.3, -0.25) is 14.5 Å². The molecule has 0 saturated carbocycles. The fourth-order valence-electron chi connectivity index (χ4n) is 3.18. The molecule has 26 heavy (non-hydrogen) atoms. The number of amides is 2. The van der Waals surface area contributed by atoms with Crippen LogP contribution in [-0.2, 0) is 6.54 Å². The van der Waals surface area contributed by atoms with Gasteiger partial charge in [-0.05, 0) is 30.2 Å². The molecule has 2 amide bonds. The molecule has 132 valence electrons. The van der Waals surface area contributed by atoms with Gasteiger partial charge in [-0.1, -0.05) is 49.9 Å². The van der Waals surface area contributed by atoms with E-state index < -0.39 is 0 Å². The van der Waals surface area contributed by atoms with E-state index in [1.807, 2.05) is 18.2 Å². The molecule has 2 aromatic carbocycles. The molecule has 0 N–H and O–H groups in total. The SMILES string of the molecule is CC(C)Cn1c(SCN2C(=O)c3ccccc3C2=O)nc2ccccc21. The number of imidazole rings is 1.